The van der Waals surface area contributed by atoms with E-state index in [-0.39, 0.29) is 5.56 Å². The Kier molecular flexibility index (Phi) is 4.62. The van der Waals surface area contributed by atoms with Gasteiger partial charge in [0.1, 0.15) is 5.75 Å². The number of ether oxygens (including phenoxy) is 1. The minimum absolute atomic E-state index is 0.196. The van der Waals surface area contributed by atoms with Gasteiger partial charge in [-0.05, 0) is 31.0 Å². The van der Waals surface area contributed by atoms with Crippen LogP contribution < -0.4 is 4.74 Å². The van der Waals surface area contributed by atoms with E-state index in [9.17, 15) is 18.3 Å². The fourth-order valence-electron chi connectivity index (χ4n) is 1.37. The number of rotatable bonds is 5. The van der Waals surface area contributed by atoms with Crippen LogP contribution in [0.25, 0.3) is 0 Å². The predicted molar refractivity (Wildman–Crippen MR) is 62.5 cm³/mol. The molecule has 5 heteroatoms. The zero-order chi connectivity index (χ0) is 13.8. The van der Waals surface area contributed by atoms with Crippen molar-refractivity contribution < 1.29 is 23.0 Å². The van der Waals surface area contributed by atoms with E-state index in [0.29, 0.717) is 12.4 Å². The summed E-state index contributed by atoms with van der Waals surface area (Å²) in [5, 5.41) is 9.46. The van der Waals surface area contributed by atoms with Gasteiger partial charge in [0.05, 0.1) is 6.61 Å². The highest BCUT2D eigenvalue weighted by atomic mass is 19.4. The first kappa shape index (κ1) is 14.8. The van der Waals surface area contributed by atoms with E-state index in [0.717, 1.165) is 19.8 Å². The lowest BCUT2D eigenvalue weighted by atomic mass is 9.95. The van der Waals surface area contributed by atoms with E-state index in [2.05, 4.69) is 0 Å². The van der Waals surface area contributed by atoms with Gasteiger partial charge in [-0.15, -0.1) is 0 Å². The van der Waals surface area contributed by atoms with Crippen molar-refractivity contribution in [3.63, 3.8) is 0 Å². The van der Waals surface area contributed by atoms with Gasteiger partial charge >= 0.3 is 6.18 Å². The van der Waals surface area contributed by atoms with Crippen molar-refractivity contribution >= 4 is 0 Å². The van der Waals surface area contributed by atoms with Crippen molar-refractivity contribution in [1.82, 2.24) is 0 Å². The second-order valence-corrected chi connectivity index (χ2v) is 4.30. The predicted octanol–water partition coefficient (Wildman–Crippen LogP) is 3.64. The summed E-state index contributed by atoms with van der Waals surface area (Å²) in [5.41, 5.74) is -3.03. The van der Waals surface area contributed by atoms with Crippen molar-refractivity contribution in [2.45, 2.75) is 38.5 Å². The van der Waals surface area contributed by atoms with Gasteiger partial charge in [0.15, 0.2) is 5.60 Å². The molecular weight excluding hydrogens is 245 g/mol. The molecule has 1 aromatic carbocycles. The van der Waals surface area contributed by atoms with Crippen molar-refractivity contribution in [2.75, 3.05) is 6.61 Å². The molecule has 102 valence electrons. The van der Waals surface area contributed by atoms with Gasteiger partial charge in [0, 0.05) is 0 Å². The highest BCUT2D eigenvalue weighted by Gasteiger charge is 2.51. The number of aliphatic hydroxyl groups is 1. The third-order valence-electron chi connectivity index (χ3n) is 2.74. The third kappa shape index (κ3) is 3.38. The Morgan fingerprint density at radius 1 is 1.17 bits per heavy atom. The normalized spacial score (nSPS) is 15.2. The number of alkyl halides is 3. The van der Waals surface area contributed by atoms with E-state index in [1.807, 2.05) is 6.92 Å². The summed E-state index contributed by atoms with van der Waals surface area (Å²) in [5.74, 6) is 0.505. The highest BCUT2D eigenvalue weighted by Crippen LogP contribution is 2.38. The summed E-state index contributed by atoms with van der Waals surface area (Å²) in [6.07, 6.45) is -2.82. The molecule has 0 bridgehead atoms. The second kappa shape index (κ2) is 5.61. The summed E-state index contributed by atoms with van der Waals surface area (Å²) in [6, 6.07) is 5.33. The average Bonchev–Trinajstić information content (AvgIpc) is 2.28. The zero-order valence-corrected chi connectivity index (χ0v) is 10.4. The second-order valence-electron chi connectivity index (χ2n) is 4.30. The lowest BCUT2D eigenvalue weighted by Gasteiger charge is -2.26. The Morgan fingerprint density at radius 3 is 2.17 bits per heavy atom. The molecule has 0 spiro atoms. The Hall–Kier alpha value is -1.23. The quantitative estimate of drug-likeness (QED) is 0.821. The van der Waals surface area contributed by atoms with Gasteiger partial charge < -0.3 is 9.84 Å². The SMILES string of the molecule is CCCCOc1ccc(C(C)(O)C(F)(F)F)cc1. The minimum atomic E-state index is -4.70. The van der Waals surface area contributed by atoms with Crippen LogP contribution >= 0.6 is 0 Å². The van der Waals surface area contributed by atoms with E-state index in [1.165, 1.54) is 24.3 Å². The van der Waals surface area contributed by atoms with E-state index in [1.54, 1.807) is 0 Å². The third-order valence-corrected chi connectivity index (χ3v) is 2.74. The summed E-state index contributed by atoms with van der Waals surface area (Å²) in [7, 11) is 0. The lowest BCUT2D eigenvalue weighted by molar-refractivity contribution is -0.258. The minimum Gasteiger partial charge on any atom is -0.494 e. The van der Waals surface area contributed by atoms with Crippen LogP contribution in [-0.2, 0) is 5.60 Å². The van der Waals surface area contributed by atoms with Gasteiger partial charge in [-0.3, -0.25) is 0 Å². The van der Waals surface area contributed by atoms with Crippen molar-refractivity contribution in [3.8, 4) is 5.75 Å². The molecule has 0 fully saturated rings. The highest BCUT2D eigenvalue weighted by molar-refractivity contribution is 5.31. The molecular formula is C13H17F3O2. The molecule has 0 aliphatic rings. The van der Waals surface area contributed by atoms with Crippen molar-refractivity contribution in [1.29, 1.82) is 0 Å². The van der Waals surface area contributed by atoms with Crippen LogP contribution in [0, 0.1) is 0 Å². The van der Waals surface area contributed by atoms with Crippen LogP contribution in [0.2, 0.25) is 0 Å². The van der Waals surface area contributed by atoms with Crippen molar-refractivity contribution in [3.05, 3.63) is 29.8 Å². The van der Waals surface area contributed by atoms with Crippen LogP contribution in [0.15, 0.2) is 24.3 Å². The average molecular weight is 262 g/mol. The molecule has 0 aliphatic heterocycles. The number of halogens is 3. The van der Waals surface area contributed by atoms with Crippen LogP contribution in [0.5, 0.6) is 5.75 Å². The summed E-state index contributed by atoms with van der Waals surface area (Å²) >= 11 is 0. The molecule has 1 unspecified atom stereocenters. The smallest absolute Gasteiger partial charge is 0.421 e. The molecule has 0 aliphatic carbocycles. The standard InChI is InChI=1S/C13H17F3O2/c1-3-4-9-18-11-7-5-10(6-8-11)12(2,17)13(14,15)16/h5-8,17H,3-4,9H2,1-2H3. The van der Waals surface area contributed by atoms with E-state index < -0.39 is 11.8 Å². The Morgan fingerprint density at radius 2 is 1.72 bits per heavy atom. The van der Waals surface area contributed by atoms with Gasteiger partial charge in [-0.25, -0.2) is 0 Å². The number of unbranched alkanes of at least 4 members (excludes halogenated alkanes) is 1. The summed E-state index contributed by atoms with van der Waals surface area (Å²) in [4.78, 5) is 0. The number of hydrogen-bond donors (Lipinski definition) is 1. The Labute approximate surface area is 104 Å². The number of hydrogen-bond acceptors (Lipinski definition) is 2. The molecule has 0 amide bonds. The fourth-order valence-corrected chi connectivity index (χ4v) is 1.37. The van der Waals surface area contributed by atoms with Crippen LogP contribution in [-0.4, -0.2) is 17.9 Å². The molecule has 1 rings (SSSR count). The van der Waals surface area contributed by atoms with Crippen molar-refractivity contribution in [2.24, 2.45) is 0 Å². The molecule has 0 heterocycles. The Bertz CT molecular complexity index is 369. The fraction of sp³-hybridized carbons (Fsp3) is 0.538. The molecule has 0 radical (unpaired) electrons. The van der Waals surface area contributed by atoms with E-state index in [4.69, 9.17) is 4.74 Å². The molecule has 18 heavy (non-hydrogen) atoms. The first-order chi connectivity index (χ1) is 8.29. The first-order valence-electron chi connectivity index (χ1n) is 5.81. The van der Waals surface area contributed by atoms with Gasteiger partial charge in [-0.1, -0.05) is 25.5 Å². The molecule has 2 nitrogen and oxygen atoms in total. The molecule has 0 saturated heterocycles. The molecule has 1 aromatic rings. The maximum atomic E-state index is 12.6. The molecule has 0 aromatic heterocycles. The number of benzene rings is 1. The maximum Gasteiger partial charge on any atom is 0.421 e. The summed E-state index contributed by atoms with van der Waals surface area (Å²) in [6.45, 7) is 3.29. The van der Waals surface area contributed by atoms with Gasteiger partial charge in [0.25, 0.3) is 0 Å². The molecule has 1 atom stereocenters. The Balaban J connectivity index is 2.77. The van der Waals surface area contributed by atoms with Crippen LogP contribution in [0.4, 0.5) is 13.2 Å². The monoisotopic (exact) mass is 262 g/mol. The maximum absolute atomic E-state index is 12.6. The molecule has 0 saturated carbocycles. The van der Waals surface area contributed by atoms with E-state index >= 15 is 0 Å². The molecule has 1 N–H and O–H groups in total. The van der Waals surface area contributed by atoms with Gasteiger partial charge in [-0.2, -0.15) is 13.2 Å². The lowest BCUT2D eigenvalue weighted by Crippen LogP contribution is -2.39. The van der Waals surface area contributed by atoms with Gasteiger partial charge in [0.2, 0.25) is 0 Å². The summed E-state index contributed by atoms with van der Waals surface area (Å²) < 4.78 is 43.1. The first-order valence-corrected chi connectivity index (χ1v) is 5.81. The zero-order valence-electron chi connectivity index (χ0n) is 10.4. The van der Waals surface area contributed by atoms with Crippen LogP contribution in [0.3, 0.4) is 0 Å². The largest absolute Gasteiger partial charge is 0.494 e. The topological polar surface area (TPSA) is 29.5 Å². The van der Waals surface area contributed by atoms with Crippen LogP contribution in [0.1, 0.15) is 32.3 Å².